The van der Waals surface area contributed by atoms with Crippen molar-refractivity contribution in [3.05, 3.63) is 24.3 Å². The van der Waals surface area contributed by atoms with Crippen molar-refractivity contribution in [1.29, 1.82) is 0 Å². The van der Waals surface area contributed by atoms with Gasteiger partial charge in [0.1, 0.15) is 11.8 Å². The fourth-order valence-corrected chi connectivity index (χ4v) is 1.40. The summed E-state index contributed by atoms with van der Waals surface area (Å²) in [6.45, 7) is 4.11. The van der Waals surface area contributed by atoms with Gasteiger partial charge in [-0.05, 0) is 26.0 Å². The molecule has 0 aromatic heterocycles. The smallest absolute Gasteiger partial charge is 0.326 e. The van der Waals surface area contributed by atoms with Gasteiger partial charge in [0, 0.05) is 7.05 Å². The average molecular weight is 223 g/mol. The number of carboxylic acid groups (broad SMARTS) is 1. The van der Waals surface area contributed by atoms with Crippen LogP contribution in [0.25, 0.3) is 0 Å². The molecule has 0 bridgehead atoms. The van der Waals surface area contributed by atoms with Crippen molar-refractivity contribution in [1.82, 2.24) is 0 Å². The highest BCUT2D eigenvalue weighted by Crippen LogP contribution is 2.28. The molecule has 1 aromatic rings. The van der Waals surface area contributed by atoms with E-state index in [1.165, 1.54) is 0 Å². The van der Waals surface area contributed by atoms with Crippen molar-refractivity contribution in [3.8, 4) is 5.75 Å². The molecule has 4 heteroatoms. The van der Waals surface area contributed by atoms with Crippen LogP contribution >= 0.6 is 0 Å². The zero-order valence-electron chi connectivity index (χ0n) is 9.80. The SMILES string of the molecule is CCOc1ccccc1N(C)[C@H](C)C(=O)O. The predicted octanol–water partition coefficient (Wildman–Crippen LogP) is 1.99. The molecule has 16 heavy (non-hydrogen) atoms. The lowest BCUT2D eigenvalue weighted by Crippen LogP contribution is -2.36. The normalized spacial score (nSPS) is 11.9. The Morgan fingerprint density at radius 2 is 2.12 bits per heavy atom. The van der Waals surface area contributed by atoms with Crippen molar-refractivity contribution < 1.29 is 14.6 Å². The number of likely N-dealkylation sites (N-methyl/N-ethyl adjacent to an activating group) is 1. The summed E-state index contributed by atoms with van der Waals surface area (Å²) in [5.74, 6) is -0.144. The Balaban J connectivity index is 2.97. The fraction of sp³-hybridized carbons (Fsp3) is 0.417. The molecule has 0 fully saturated rings. The van der Waals surface area contributed by atoms with E-state index in [4.69, 9.17) is 9.84 Å². The van der Waals surface area contributed by atoms with Gasteiger partial charge in [-0.1, -0.05) is 12.1 Å². The third-order valence-corrected chi connectivity index (χ3v) is 2.48. The number of benzene rings is 1. The highest BCUT2D eigenvalue weighted by Gasteiger charge is 2.19. The number of aliphatic carboxylic acids is 1. The van der Waals surface area contributed by atoms with Crippen LogP contribution in [0.1, 0.15) is 13.8 Å². The predicted molar refractivity (Wildman–Crippen MR) is 63.1 cm³/mol. The first kappa shape index (κ1) is 12.4. The van der Waals surface area contributed by atoms with Crippen molar-refractivity contribution >= 4 is 11.7 Å². The van der Waals surface area contributed by atoms with Crippen LogP contribution in [0.4, 0.5) is 5.69 Å². The molecule has 0 aliphatic heterocycles. The molecule has 0 heterocycles. The second-order valence-electron chi connectivity index (χ2n) is 3.53. The van der Waals surface area contributed by atoms with E-state index in [9.17, 15) is 4.79 Å². The first-order chi connectivity index (χ1) is 7.57. The highest BCUT2D eigenvalue weighted by atomic mass is 16.5. The van der Waals surface area contributed by atoms with Crippen LogP contribution in [0.5, 0.6) is 5.75 Å². The van der Waals surface area contributed by atoms with E-state index < -0.39 is 12.0 Å². The molecule has 1 rings (SSSR count). The van der Waals surface area contributed by atoms with Crippen LogP contribution in [-0.2, 0) is 4.79 Å². The first-order valence-electron chi connectivity index (χ1n) is 5.25. The molecule has 0 aliphatic carbocycles. The van der Waals surface area contributed by atoms with Gasteiger partial charge in [-0.3, -0.25) is 0 Å². The molecule has 0 amide bonds. The summed E-state index contributed by atoms with van der Waals surface area (Å²) in [5, 5.41) is 8.95. The number of rotatable bonds is 5. The lowest BCUT2D eigenvalue weighted by Gasteiger charge is -2.25. The van der Waals surface area contributed by atoms with Gasteiger partial charge in [-0.15, -0.1) is 0 Å². The van der Waals surface area contributed by atoms with Gasteiger partial charge < -0.3 is 14.7 Å². The molecule has 0 saturated carbocycles. The Bertz CT molecular complexity index is 365. The van der Waals surface area contributed by atoms with E-state index in [1.807, 2.05) is 31.2 Å². The van der Waals surface area contributed by atoms with Crippen LogP contribution in [-0.4, -0.2) is 30.8 Å². The molecule has 1 atom stereocenters. The Kier molecular flexibility index (Phi) is 4.17. The van der Waals surface area contributed by atoms with E-state index >= 15 is 0 Å². The number of anilines is 1. The summed E-state index contributed by atoms with van der Waals surface area (Å²) in [6.07, 6.45) is 0. The molecule has 1 N–H and O–H groups in total. The molecule has 1 aromatic carbocycles. The summed E-state index contributed by atoms with van der Waals surface area (Å²) in [5.41, 5.74) is 0.791. The molecule has 4 nitrogen and oxygen atoms in total. The standard InChI is InChI=1S/C12H17NO3/c1-4-16-11-8-6-5-7-10(11)13(3)9(2)12(14)15/h5-9H,4H2,1-3H3,(H,14,15)/t9-/m1/s1. The van der Waals surface area contributed by atoms with Crippen LogP contribution in [0, 0.1) is 0 Å². The lowest BCUT2D eigenvalue weighted by molar-refractivity contribution is -0.138. The number of ether oxygens (including phenoxy) is 1. The van der Waals surface area contributed by atoms with Crippen molar-refractivity contribution in [3.63, 3.8) is 0 Å². The number of carboxylic acids is 1. The molecule has 88 valence electrons. The second-order valence-corrected chi connectivity index (χ2v) is 3.53. The first-order valence-corrected chi connectivity index (χ1v) is 5.25. The van der Waals surface area contributed by atoms with Crippen LogP contribution in [0.3, 0.4) is 0 Å². The average Bonchev–Trinajstić information content (AvgIpc) is 2.28. The third kappa shape index (κ3) is 2.66. The molecule has 0 aliphatic rings. The molecule has 0 radical (unpaired) electrons. The summed E-state index contributed by atoms with van der Waals surface area (Å²) in [7, 11) is 1.75. The van der Waals surface area contributed by atoms with Crippen LogP contribution < -0.4 is 9.64 Å². The fourth-order valence-electron chi connectivity index (χ4n) is 1.40. The maximum atomic E-state index is 10.9. The van der Waals surface area contributed by atoms with Crippen LogP contribution in [0.15, 0.2) is 24.3 Å². The van der Waals surface area contributed by atoms with Gasteiger partial charge in [-0.2, -0.15) is 0 Å². The summed E-state index contributed by atoms with van der Waals surface area (Å²) in [6, 6.07) is 6.84. The van der Waals surface area contributed by atoms with Gasteiger partial charge in [0.05, 0.1) is 12.3 Å². The summed E-state index contributed by atoms with van der Waals surface area (Å²) < 4.78 is 5.45. The van der Waals surface area contributed by atoms with Crippen molar-refractivity contribution in [2.45, 2.75) is 19.9 Å². The van der Waals surface area contributed by atoms with E-state index in [-0.39, 0.29) is 0 Å². The van der Waals surface area contributed by atoms with Gasteiger partial charge in [0.15, 0.2) is 0 Å². The molecule has 0 spiro atoms. The lowest BCUT2D eigenvalue weighted by atomic mass is 10.2. The minimum absolute atomic E-state index is 0.562. The van der Waals surface area contributed by atoms with Crippen molar-refractivity contribution in [2.24, 2.45) is 0 Å². The monoisotopic (exact) mass is 223 g/mol. The zero-order valence-corrected chi connectivity index (χ0v) is 9.80. The Morgan fingerprint density at radius 1 is 1.50 bits per heavy atom. The van der Waals surface area contributed by atoms with E-state index in [0.29, 0.717) is 12.4 Å². The van der Waals surface area contributed by atoms with Crippen LogP contribution in [0.2, 0.25) is 0 Å². The maximum absolute atomic E-state index is 10.9. The molecule has 0 unspecified atom stereocenters. The quantitative estimate of drug-likeness (QED) is 0.829. The van der Waals surface area contributed by atoms with E-state index in [2.05, 4.69) is 0 Å². The Morgan fingerprint density at radius 3 is 2.69 bits per heavy atom. The maximum Gasteiger partial charge on any atom is 0.326 e. The van der Waals surface area contributed by atoms with Gasteiger partial charge in [0.2, 0.25) is 0 Å². The van der Waals surface area contributed by atoms with Gasteiger partial charge >= 0.3 is 5.97 Å². The topological polar surface area (TPSA) is 49.8 Å². The number of hydrogen-bond donors (Lipinski definition) is 1. The number of nitrogens with zero attached hydrogens (tertiary/aromatic N) is 1. The zero-order chi connectivity index (χ0) is 12.1. The molecule has 0 saturated heterocycles. The van der Waals surface area contributed by atoms with E-state index in [1.54, 1.807) is 18.9 Å². The minimum Gasteiger partial charge on any atom is -0.492 e. The minimum atomic E-state index is -0.853. The number of carbonyl (C=O) groups is 1. The van der Waals surface area contributed by atoms with E-state index in [0.717, 1.165) is 5.69 Å². The number of hydrogen-bond acceptors (Lipinski definition) is 3. The second kappa shape index (κ2) is 5.39. The van der Waals surface area contributed by atoms with Gasteiger partial charge in [0.25, 0.3) is 0 Å². The van der Waals surface area contributed by atoms with Crippen molar-refractivity contribution in [2.75, 3.05) is 18.6 Å². The number of para-hydroxylation sites is 2. The summed E-state index contributed by atoms with van der Waals surface area (Å²) >= 11 is 0. The largest absolute Gasteiger partial charge is 0.492 e. The molecular formula is C12H17NO3. The summed E-state index contributed by atoms with van der Waals surface area (Å²) in [4.78, 5) is 12.6. The molecular weight excluding hydrogens is 206 g/mol. The Hall–Kier alpha value is -1.71. The highest BCUT2D eigenvalue weighted by molar-refractivity contribution is 5.78. The third-order valence-electron chi connectivity index (χ3n) is 2.48. The van der Waals surface area contributed by atoms with Gasteiger partial charge in [-0.25, -0.2) is 4.79 Å². The Labute approximate surface area is 95.5 Å².